The topological polar surface area (TPSA) is 63.2 Å². The van der Waals surface area contributed by atoms with Crippen molar-refractivity contribution in [3.8, 4) is 0 Å². The first kappa shape index (κ1) is 18.8. The molecule has 24 heavy (non-hydrogen) atoms. The standard InChI is InChI=1S/C16H20F3NO3S/c17-16(18,19)14-9-5-4-8-13(14)15(21)20-10-11-24(22,23)12-6-2-1-3-7-12/h1-3,6-7,13-14H,4-5,8-11H2,(H,20,21). The van der Waals surface area contributed by atoms with Gasteiger partial charge in [-0.3, -0.25) is 4.79 Å². The van der Waals surface area contributed by atoms with Gasteiger partial charge in [0.15, 0.2) is 9.84 Å². The summed E-state index contributed by atoms with van der Waals surface area (Å²) >= 11 is 0. The second-order valence-electron chi connectivity index (χ2n) is 5.96. The van der Waals surface area contributed by atoms with E-state index in [0.717, 1.165) is 0 Å². The molecule has 2 unspecified atom stereocenters. The van der Waals surface area contributed by atoms with Gasteiger partial charge in [-0.15, -0.1) is 0 Å². The number of amides is 1. The molecule has 134 valence electrons. The van der Waals surface area contributed by atoms with Gasteiger partial charge in [0.25, 0.3) is 0 Å². The maximum Gasteiger partial charge on any atom is 0.392 e. The average molecular weight is 363 g/mol. The molecule has 2 atom stereocenters. The van der Waals surface area contributed by atoms with Gasteiger partial charge in [0.2, 0.25) is 5.91 Å². The third-order valence-corrected chi connectivity index (χ3v) is 6.03. The Hall–Kier alpha value is -1.57. The van der Waals surface area contributed by atoms with Crippen molar-refractivity contribution >= 4 is 15.7 Å². The van der Waals surface area contributed by atoms with Crippen LogP contribution in [-0.4, -0.2) is 32.8 Å². The molecule has 0 aromatic heterocycles. The smallest absolute Gasteiger partial charge is 0.355 e. The minimum Gasteiger partial charge on any atom is -0.355 e. The zero-order valence-electron chi connectivity index (χ0n) is 13.1. The quantitative estimate of drug-likeness (QED) is 0.875. The maximum absolute atomic E-state index is 13.0. The lowest BCUT2D eigenvalue weighted by atomic mass is 9.78. The summed E-state index contributed by atoms with van der Waals surface area (Å²) in [6.07, 6.45) is -3.24. The van der Waals surface area contributed by atoms with Gasteiger partial charge in [-0.2, -0.15) is 13.2 Å². The number of carbonyl (C=O) groups is 1. The molecule has 4 nitrogen and oxygen atoms in total. The van der Waals surface area contributed by atoms with Crippen LogP contribution < -0.4 is 5.32 Å². The lowest BCUT2D eigenvalue weighted by Crippen LogP contribution is -2.43. The molecule has 0 heterocycles. The highest BCUT2D eigenvalue weighted by Gasteiger charge is 2.47. The fourth-order valence-electron chi connectivity index (χ4n) is 3.02. The monoisotopic (exact) mass is 363 g/mol. The van der Waals surface area contributed by atoms with E-state index in [1.54, 1.807) is 18.2 Å². The highest BCUT2D eigenvalue weighted by atomic mass is 32.2. The van der Waals surface area contributed by atoms with Crippen LogP contribution in [0.2, 0.25) is 0 Å². The summed E-state index contributed by atoms with van der Waals surface area (Å²) in [5.41, 5.74) is 0. The Morgan fingerprint density at radius 2 is 1.75 bits per heavy atom. The van der Waals surface area contributed by atoms with Crippen molar-refractivity contribution in [2.24, 2.45) is 11.8 Å². The van der Waals surface area contributed by atoms with Crippen molar-refractivity contribution in [1.82, 2.24) is 5.32 Å². The molecular weight excluding hydrogens is 343 g/mol. The highest BCUT2D eigenvalue weighted by molar-refractivity contribution is 7.91. The van der Waals surface area contributed by atoms with Gasteiger partial charge in [0.05, 0.1) is 16.6 Å². The molecule has 1 aliphatic carbocycles. The molecule has 1 amide bonds. The molecule has 8 heteroatoms. The Balaban J connectivity index is 1.93. The molecule has 1 aromatic rings. The summed E-state index contributed by atoms with van der Waals surface area (Å²) in [7, 11) is -3.57. The number of hydrogen-bond donors (Lipinski definition) is 1. The predicted molar refractivity (Wildman–Crippen MR) is 83.0 cm³/mol. The zero-order chi connectivity index (χ0) is 17.8. The fraction of sp³-hybridized carbons (Fsp3) is 0.562. The normalized spacial score (nSPS) is 22.1. The molecular formula is C16H20F3NO3S. The van der Waals surface area contributed by atoms with Gasteiger partial charge in [-0.05, 0) is 25.0 Å². The Bertz CT molecular complexity index is 659. The Labute approximate surface area is 139 Å². The second-order valence-corrected chi connectivity index (χ2v) is 8.07. The lowest BCUT2D eigenvalue weighted by Gasteiger charge is -2.31. The molecule has 1 aromatic carbocycles. The molecule has 0 saturated heterocycles. The van der Waals surface area contributed by atoms with Crippen molar-refractivity contribution in [2.75, 3.05) is 12.3 Å². The molecule has 1 aliphatic rings. The van der Waals surface area contributed by atoms with E-state index in [2.05, 4.69) is 5.32 Å². The van der Waals surface area contributed by atoms with E-state index in [1.807, 2.05) is 0 Å². The summed E-state index contributed by atoms with van der Waals surface area (Å²) in [6.45, 7) is -0.197. The summed E-state index contributed by atoms with van der Waals surface area (Å²) < 4.78 is 63.2. The van der Waals surface area contributed by atoms with E-state index < -0.39 is 33.8 Å². The SMILES string of the molecule is O=C(NCCS(=O)(=O)c1ccccc1)C1CCCCC1C(F)(F)F. The predicted octanol–water partition coefficient (Wildman–Crippen LogP) is 2.95. The van der Waals surface area contributed by atoms with Crippen molar-refractivity contribution < 1.29 is 26.4 Å². The Morgan fingerprint density at radius 3 is 2.38 bits per heavy atom. The van der Waals surface area contributed by atoms with Crippen molar-refractivity contribution in [3.05, 3.63) is 30.3 Å². The summed E-state index contributed by atoms with van der Waals surface area (Å²) in [4.78, 5) is 12.2. The van der Waals surface area contributed by atoms with Crippen LogP contribution in [0.15, 0.2) is 35.2 Å². The minimum absolute atomic E-state index is 0.0517. The van der Waals surface area contributed by atoms with Gasteiger partial charge in [0, 0.05) is 12.5 Å². The highest BCUT2D eigenvalue weighted by Crippen LogP contribution is 2.41. The first-order valence-corrected chi connectivity index (χ1v) is 9.49. The van der Waals surface area contributed by atoms with E-state index >= 15 is 0 Å². The zero-order valence-corrected chi connectivity index (χ0v) is 13.9. The molecule has 1 fully saturated rings. The van der Waals surface area contributed by atoms with E-state index in [0.29, 0.717) is 12.8 Å². The van der Waals surface area contributed by atoms with Crippen LogP contribution in [0.3, 0.4) is 0 Å². The van der Waals surface area contributed by atoms with Crippen LogP contribution in [0, 0.1) is 11.8 Å². The number of alkyl halides is 3. The fourth-order valence-corrected chi connectivity index (χ4v) is 4.20. The van der Waals surface area contributed by atoms with Crippen LogP contribution in [0.4, 0.5) is 13.2 Å². The Morgan fingerprint density at radius 1 is 1.12 bits per heavy atom. The van der Waals surface area contributed by atoms with Crippen LogP contribution in [-0.2, 0) is 14.6 Å². The number of halogens is 3. The van der Waals surface area contributed by atoms with Crippen molar-refractivity contribution in [2.45, 2.75) is 36.8 Å². The number of carbonyl (C=O) groups excluding carboxylic acids is 1. The number of nitrogens with one attached hydrogen (secondary N) is 1. The molecule has 0 aliphatic heterocycles. The van der Waals surface area contributed by atoms with E-state index in [1.165, 1.54) is 12.1 Å². The average Bonchev–Trinajstić information content (AvgIpc) is 2.54. The molecule has 1 N–H and O–H groups in total. The van der Waals surface area contributed by atoms with Gasteiger partial charge in [-0.1, -0.05) is 31.0 Å². The molecule has 0 radical (unpaired) electrons. The lowest BCUT2D eigenvalue weighted by molar-refractivity contribution is -0.198. The van der Waals surface area contributed by atoms with E-state index in [9.17, 15) is 26.4 Å². The van der Waals surface area contributed by atoms with E-state index in [-0.39, 0.29) is 30.0 Å². The van der Waals surface area contributed by atoms with E-state index in [4.69, 9.17) is 0 Å². The molecule has 2 rings (SSSR count). The van der Waals surface area contributed by atoms with Gasteiger partial charge in [0.1, 0.15) is 0 Å². The van der Waals surface area contributed by atoms with Crippen LogP contribution >= 0.6 is 0 Å². The largest absolute Gasteiger partial charge is 0.392 e. The third kappa shape index (κ3) is 4.72. The molecule has 1 saturated carbocycles. The Kier molecular flexibility index (Phi) is 5.90. The van der Waals surface area contributed by atoms with Crippen LogP contribution in [0.25, 0.3) is 0 Å². The first-order chi connectivity index (χ1) is 11.2. The second kappa shape index (κ2) is 7.55. The molecule has 0 spiro atoms. The number of hydrogen-bond acceptors (Lipinski definition) is 3. The maximum atomic E-state index is 13.0. The van der Waals surface area contributed by atoms with Gasteiger partial charge >= 0.3 is 6.18 Å². The summed E-state index contributed by atoms with van der Waals surface area (Å²) in [6, 6.07) is 7.74. The summed E-state index contributed by atoms with van der Waals surface area (Å²) in [5, 5.41) is 2.36. The van der Waals surface area contributed by atoms with Gasteiger partial charge < -0.3 is 5.32 Å². The number of sulfone groups is 1. The minimum atomic E-state index is -4.40. The van der Waals surface area contributed by atoms with Crippen molar-refractivity contribution in [1.29, 1.82) is 0 Å². The number of rotatable bonds is 5. The summed E-state index contributed by atoms with van der Waals surface area (Å²) in [5.74, 6) is -3.82. The van der Waals surface area contributed by atoms with Gasteiger partial charge in [-0.25, -0.2) is 8.42 Å². The van der Waals surface area contributed by atoms with Crippen LogP contribution in [0.5, 0.6) is 0 Å². The third-order valence-electron chi connectivity index (χ3n) is 4.30. The first-order valence-electron chi connectivity index (χ1n) is 7.84. The van der Waals surface area contributed by atoms with Crippen molar-refractivity contribution in [3.63, 3.8) is 0 Å². The molecule has 0 bridgehead atoms. The van der Waals surface area contributed by atoms with Crippen LogP contribution in [0.1, 0.15) is 25.7 Å². The number of benzene rings is 1.